The average molecular weight is 312 g/mol. The standard InChI is InChI=1S/C15H22ClN3O2/c1-17-15(18-9-13-11-20-7-8-21-13)19(2)10-12-5-3-4-6-14(12)16/h3-6,13H,7-11H2,1-2H3,(H,17,18). The molecule has 1 N–H and O–H groups in total. The van der Waals surface area contributed by atoms with E-state index in [-0.39, 0.29) is 6.10 Å². The van der Waals surface area contributed by atoms with Crippen LogP contribution in [0.5, 0.6) is 0 Å². The summed E-state index contributed by atoms with van der Waals surface area (Å²) in [6.07, 6.45) is 0.0733. The number of hydrogen-bond donors (Lipinski definition) is 1. The quantitative estimate of drug-likeness (QED) is 0.680. The molecule has 1 atom stereocenters. The molecule has 1 aromatic carbocycles. The molecule has 0 aliphatic carbocycles. The van der Waals surface area contributed by atoms with Gasteiger partial charge >= 0.3 is 0 Å². The maximum atomic E-state index is 6.19. The van der Waals surface area contributed by atoms with Crippen LogP contribution in [0.15, 0.2) is 29.3 Å². The highest BCUT2D eigenvalue weighted by Gasteiger charge is 2.16. The van der Waals surface area contributed by atoms with E-state index in [9.17, 15) is 0 Å². The van der Waals surface area contributed by atoms with Crippen molar-refractivity contribution in [1.82, 2.24) is 10.2 Å². The zero-order chi connectivity index (χ0) is 15.1. The van der Waals surface area contributed by atoms with Crippen LogP contribution in [0, 0.1) is 0 Å². The second-order valence-corrected chi connectivity index (χ2v) is 5.35. The van der Waals surface area contributed by atoms with Crippen molar-refractivity contribution in [3.8, 4) is 0 Å². The van der Waals surface area contributed by atoms with Gasteiger partial charge in [0.2, 0.25) is 0 Å². The molecule has 1 aromatic rings. The zero-order valence-corrected chi connectivity index (χ0v) is 13.3. The van der Waals surface area contributed by atoms with Crippen molar-refractivity contribution < 1.29 is 9.47 Å². The Morgan fingerprint density at radius 3 is 2.90 bits per heavy atom. The molecule has 6 heteroatoms. The van der Waals surface area contributed by atoms with E-state index >= 15 is 0 Å². The van der Waals surface area contributed by atoms with Gasteiger partial charge in [0.05, 0.1) is 25.9 Å². The van der Waals surface area contributed by atoms with Crippen molar-refractivity contribution in [2.75, 3.05) is 40.5 Å². The molecule has 116 valence electrons. The van der Waals surface area contributed by atoms with E-state index in [0.717, 1.165) is 16.5 Å². The summed E-state index contributed by atoms with van der Waals surface area (Å²) < 4.78 is 11.0. The second kappa shape index (κ2) is 8.22. The highest BCUT2D eigenvalue weighted by molar-refractivity contribution is 6.31. The van der Waals surface area contributed by atoms with Crippen LogP contribution in [0.4, 0.5) is 0 Å². The fourth-order valence-corrected chi connectivity index (χ4v) is 2.40. The SMILES string of the molecule is CN=C(NCC1COCCO1)N(C)Cc1ccccc1Cl. The third kappa shape index (κ3) is 4.88. The maximum absolute atomic E-state index is 6.19. The lowest BCUT2D eigenvalue weighted by molar-refractivity contribution is -0.0851. The molecular formula is C15H22ClN3O2. The molecule has 0 saturated carbocycles. The smallest absolute Gasteiger partial charge is 0.193 e. The van der Waals surface area contributed by atoms with Crippen molar-refractivity contribution in [3.63, 3.8) is 0 Å². The number of hydrogen-bond acceptors (Lipinski definition) is 3. The van der Waals surface area contributed by atoms with Crippen LogP contribution < -0.4 is 5.32 Å². The van der Waals surface area contributed by atoms with Crippen LogP contribution in [0.2, 0.25) is 5.02 Å². The Bertz CT molecular complexity index is 476. The summed E-state index contributed by atoms with van der Waals surface area (Å²) in [7, 11) is 3.75. The molecule has 1 saturated heterocycles. The summed E-state index contributed by atoms with van der Waals surface area (Å²) in [5, 5.41) is 4.07. The van der Waals surface area contributed by atoms with E-state index in [1.54, 1.807) is 7.05 Å². The number of benzene rings is 1. The van der Waals surface area contributed by atoms with E-state index in [0.29, 0.717) is 32.9 Å². The van der Waals surface area contributed by atoms with Crippen molar-refractivity contribution >= 4 is 17.6 Å². The van der Waals surface area contributed by atoms with E-state index in [1.165, 1.54) is 0 Å². The minimum Gasteiger partial charge on any atom is -0.376 e. The van der Waals surface area contributed by atoms with Crippen molar-refractivity contribution in [2.24, 2.45) is 4.99 Å². The van der Waals surface area contributed by atoms with Crippen LogP contribution in [-0.2, 0) is 16.0 Å². The molecule has 1 unspecified atom stereocenters. The lowest BCUT2D eigenvalue weighted by Crippen LogP contribution is -2.45. The number of rotatable bonds is 4. The third-order valence-electron chi connectivity index (χ3n) is 3.31. The molecule has 5 nitrogen and oxygen atoms in total. The zero-order valence-electron chi connectivity index (χ0n) is 12.5. The normalized spacial score (nSPS) is 19.4. The summed E-state index contributed by atoms with van der Waals surface area (Å²) in [5.74, 6) is 0.809. The Labute approximate surface area is 130 Å². The van der Waals surface area contributed by atoms with Gasteiger partial charge in [0, 0.05) is 32.2 Å². The summed E-state index contributed by atoms with van der Waals surface area (Å²) in [6, 6.07) is 7.83. The van der Waals surface area contributed by atoms with Crippen molar-refractivity contribution in [3.05, 3.63) is 34.9 Å². The molecule has 0 bridgehead atoms. The molecular weight excluding hydrogens is 290 g/mol. The van der Waals surface area contributed by atoms with Crippen molar-refractivity contribution in [1.29, 1.82) is 0 Å². The molecule has 0 spiro atoms. The monoisotopic (exact) mass is 311 g/mol. The van der Waals surface area contributed by atoms with Crippen molar-refractivity contribution in [2.45, 2.75) is 12.6 Å². The average Bonchev–Trinajstić information content (AvgIpc) is 2.51. The Balaban J connectivity index is 1.86. The van der Waals surface area contributed by atoms with E-state index < -0.39 is 0 Å². The predicted molar refractivity (Wildman–Crippen MR) is 84.8 cm³/mol. The first-order valence-corrected chi connectivity index (χ1v) is 7.43. The van der Waals surface area contributed by atoms with Crippen LogP contribution in [0.25, 0.3) is 0 Å². The molecule has 0 aromatic heterocycles. The Kier molecular flexibility index (Phi) is 6.29. The van der Waals surface area contributed by atoms with Crippen LogP contribution >= 0.6 is 11.6 Å². The first-order chi connectivity index (χ1) is 10.2. The number of nitrogens with zero attached hydrogens (tertiary/aromatic N) is 2. The first kappa shape index (κ1) is 16.1. The van der Waals surface area contributed by atoms with Gasteiger partial charge in [0.15, 0.2) is 5.96 Å². The molecule has 0 radical (unpaired) electrons. The molecule has 1 aliphatic rings. The predicted octanol–water partition coefficient (Wildman–Crippen LogP) is 1.76. The summed E-state index contributed by atoms with van der Waals surface area (Å²) >= 11 is 6.19. The maximum Gasteiger partial charge on any atom is 0.193 e. The Hall–Kier alpha value is -1.30. The number of nitrogens with one attached hydrogen (secondary N) is 1. The highest BCUT2D eigenvalue weighted by Crippen LogP contribution is 2.16. The summed E-state index contributed by atoms with van der Waals surface area (Å²) in [5.41, 5.74) is 1.07. The van der Waals surface area contributed by atoms with Crippen LogP contribution in [0.1, 0.15) is 5.56 Å². The molecule has 1 heterocycles. The Morgan fingerprint density at radius 2 is 2.24 bits per heavy atom. The van der Waals surface area contributed by atoms with Crippen LogP contribution in [-0.4, -0.2) is 57.4 Å². The van der Waals surface area contributed by atoms with Gasteiger partial charge in [0.1, 0.15) is 0 Å². The number of halogens is 1. The lowest BCUT2D eigenvalue weighted by Gasteiger charge is -2.27. The number of aliphatic imine (C=N–C) groups is 1. The number of guanidine groups is 1. The van der Waals surface area contributed by atoms with Gasteiger partial charge in [-0.05, 0) is 11.6 Å². The first-order valence-electron chi connectivity index (χ1n) is 7.05. The molecule has 1 fully saturated rings. The molecule has 0 amide bonds. The van der Waals surface area contributed by atoms with Gasteiger partial charge in [-0.15, -0.1) is 0 Å². The van der Waals surface area contributed by atoms with E-state index in [1.807, 2.05) is 36.2 Å². The van der Waals surface area contributed by atoms with Gasteiger partial charge in [0.25, 0.3) is 0 Å². The van der Waals surface area contributed by atoms with Gasteiger partial charge in [-0.3, -0.25) is 4.99 Å². The van der Waals surface area contributed by atoms with Gasteiger partial charge in [-0.25, -0.2) is 0 Å². The summed E-state index contributed by atoms with van der Waals surface area (Å²) in [6.45, 7) is 3.33. The Morgan fingerprint density at radius 1 is 1.43 bits per heavy atom. The van der Waals surface area contributed by atoms with Crippen LogP contribution in [0.3, 0.4) is 0 Å². The minimum atomic E-state index is 0.0733. The van der Waals surface area contributed by atoms with Gasteiger partial charge in [-0.1, -0.05) is 29.8 Å². The molecule has 21 heavy (non-hydrogen) atoms. The van der Waals surface area contributed by atoms with Gasteiger partial charge < -0.3 is 19.7 Å². The third-order valence-corrected chi connectivity index (χ3v) is 3.68. The molecule has 2 rings (SSSR count). The fraction of sp³-hybridized carbons (Fsp3) is 0.533. The van der Waals surface area contributed by atoms with E-state index in [4.69, 9.17) is 21.1 Å². The number of ether oxygens (including phenoxy) is 2. The lowest BCUT2D eigenvalue weighted by atomic mass is 10.2. The fourth-order valence-electron chi connectivity index (χ4n) is 2.20. The minimum absolute atomic E-state index is 0.0733. The topological polar surface area (TPSA) is 46.1 Å². The largest absolute Gasteiger partial charge is 0.376 e. The summed E-state index contributed by atoms with van der Waals surface area (Å²) in [4.78, 5) is 6.32. The van der Waals surface area contributed by atoms with Gasteiger partial charge in [-0.2, -0.15) is 0 Å². The second-order valence-electron chi connectivity index (χ2n) is 4.94. The van der Waals surface area contributed by atoms with E-state index in [2.05, 4.69) is 10.3 Å². The molecule has 1 aliphatic heterocycles. The highest BCUT2D eigenvalue weighted by atomic mass is 35.5.